The van der Waals surface area contributed by atoms with Crippen LogP contribution in [-0.2, 0) is 11.3 Å². The fraction of sp³-hybridized carbons (Fsp3) is 0.600. The van der Waals surface area contributed by atoms with Crippen LogP contribution in [0.3, 0.4) is 0 Å². The van der Waals surface area contributed by atoms with Crippen LogP contribution in [0.1, 0.15) is 45.2 Å². The Balaban J connectivity index is 2.60. The summed E-state index contributed by atoms with van der Waals surface area (Å²) < 4.78 is 5.57. The second-order valence-corrected chi connectivity index (χ2v) is 5.97. The maximum Gasteiger partial charge on any atom is 0.224 e. The van der Waals surface area contributed by atoms with Gasteiger partial charge in [0.15, 0.2) is 5.96 Å². The van der Waals surface area contributed by atoms with Crippen molar-refractivity contribution in [2.75, 3.05) is 32.8 Å². The third kappa shape index (κ3) is 7.33. The quantitative estimate of drug-likeness (QED) is 0.496. The van der Waals surface area contributed by atoms with Gasteiger partial charge in [0.05, 0.1) is 13.2 Å². The van der Waals surface area contributed by atoms with Crippen LogP contribution in [0.15, 0.2) is 23.2 Å². The Bertz CT molecular complexity index is 583. The molecule has 0 aliphatic carbocycles. The van der Waals surface area contributed by atoms with Crippen LogP contribution in [0.4, 0.5) is 0 Å². The van der Waals surface area contributed by atoms with Crippen molar-refractivity contribution >= 4 is 11.9 Å². The minimum Gasteiger partial charge on any atom is -0.494 e. The Hall–Kier alpha value is -2.24. The van der Waals surface area contributed by atoms with E-state index >= 15 is 0 Å². The molecule has 6 heteroatoms. The number of ether oxygens (including phenoxy) is 1. The first-order valence-corrected chi connectivity index (χ1v) is 9.57. The van der Waals surface area contributed by atoms with Crippen molar-refractivity contribution in [1.29, 1.82) is 0 Å². The van der Waals surface area contributed by atoms with E-state index in [-0.39, 0.29) is 5.91 Å². The lowest BCUT2D eigenvalue weighted by Gasteiger charge is -2.19. The Morgan fingerprint density at radius 1 is 1.15 bits per heavy atom. The van der Waals surface area contributed by atoms with E-state index in [1.54, 1.807) is 0 Å². The van der Waals surface area contributed by atoms with Crippen molar-refractivity contribution in [3.05, 3.63) is 29.3 Å². The molecule has 0 bridgehead atoms. The number of hydrogen-bond donors (Lipinski definition) is 2. The molecule has 0 radical (unpaired) electrons. The van der Waals surface area contributed by atoms with Crippen LogP contribution in [0.5, 0.6) is 5.75 Å². The molecular weight excluding hydrogens is 328 g/mol. The van der Waals surface area contributed by atoms with Gasteiger partial charge < -0.3 is 20.3 Å². The Morgan fingerprint density at radius 2 is 1.88 bits per heavy atom. The summed E-state index contributed by atoms with van der Waals surface area (Å²) in [6.07, 6.45) is 0.467. The highest BCUT2D eigenvalue weighted by Gasteiger charge is 2.09. The molecular formula is C20H34N4O2. The number of nitrogens with zero attached hydrogens (tertiary/aromatic N) is 2. The number of hydrogen-bond acceptors (Lipinski definition) is 3. The highest BCUT2D eigenvalue weighted by molar-refractivity contribution is 5.81. The largest absolute Gasteiger partial charge is 0.494 e. The first-order chi connectivity index (χ1) is 12.5. The normalized spacial score (nSPS) is 11.2. The van der Waals surface area contributed by atoms with Crippen LogP contribution in [-0.4, -0.2) is 49.6 Å². The number of carbonyl (C=O) groups excluding carboxylic acids is 1. The molecule has 1 rings (SSSR count). The summed E-state index contributed by atoms with van der Waals surface area (Å²) in [7, 11) is 0. The second-order valence-electron chi connectivity index (χ2n) is 5.97. The van der Waals surface area contributed by atoms with Gasteiger partial charge in [-0.05, 0) is 51.8 Å². The maximum absolute atomic E-state index is 12.1. The SMILES string of the molecule is CCNC(=NCc1ccc(OCC)c(C)c1)NCCC(=O)N(CC)CC. The first-order valence-electron chi connectivity index (χ1n) is 9.57. The predicted molar refractivity (Wildman–Crippen MR) is 108 cm³/mol. The molecule has 1 aromatic rings. The molecule has 0 saturated carbocycles. The number of rotatable bonds is 10. The van der Waals surface area contributed by atoms with Gasteiger partial charge in [0.1, 0.15) is 5.75 Å². The van der Waals surface area contributed by atoms with E-state index in [1.807, 2.05) is 51.7 Å². The summed E-state index contributed by atoms with van der Waals surface area (Å²) in [6.45, 7) is 14.1. The molecule has 1 aromatic carbocycles. The van der Waals surface area contributed by atoms with Crippen LogP contribution in [0.25, 0.3) is 0 Å². The number of aliphatic imine (C=N–C) groups is 1. The molecule has 1 amide bonds. The fourth-order valence-corrected chi connectivity index (χ4v) is 2.66. The summed E-state index contributed by atoms with van der Waals surface area (Å²) in [4.78, 5) is 18.5. The van der Waals surface area contributed by atoms with Gasteiger partial charge in [-0.2, -0.15) is 0 Å². The second kappa shape index (κ2) is 12.2. The average molecular weight is 363 g/mol. The van der Waals surface area contributed by atoms with Gasteiger partial charge >= 0.3 is 0 Å². The standard InChI is InChI=1S/C20H34N4O2/c1-6-21-20(22-13-12-19(25)24(7-2)8-3)23-15-17-10-11-18(26-9-4)16(5)14-17/h10-11,14H,6-9,12-13,15H2,1-5H3,(H2,21,22,23). The monoisotopic (exact) mass is 362 g/mol. The molecule has 26 heavy (non-hydrogen) atoms. The number of amides is 1. The molecule has 0 aliphatic heterocycles. The average Bonchev–Trinajstić information content (AvgIpc) is 2.63. The molecule has 146 valence electrons. The summed E-state index contributed by atoms with van der Waals surface area (Å²) in [5.74, 6) is 1.81. The van der Waals surface area contributed by atoms with E-state index in [0.29, 0.717) is 26.1 Å². The molecule has 0 atom stereocenters. The van der Waals surface area contributed by atoms with Crippen molar-refractivity contribution in [1.82, 2.24) is 15.5 Å². The van der Waals surface area contributed by atoms with Gasteiger partial charge in [-0.25, -0.2) is 4.99 Å². The topological polar surface area (TPSA) is 66.0 Å². The van der Waals surface area contributed by atoms with Crippen molar-refractivity contribution in [3.63, 3.8) is 0 Å². The molecule has 0 aliphatic rings. The Morgan fingerprint density at radius 3 is 2.46 bits per heavy atom. The Labute approximate surface area is 158 Å². The van der Waals surface area contributed by atoms with E-state index in [2.05, 4.69) is 21.7 Å². The molecule has 0 saturated heterocycles. The van der Waals surface area contributed by atoms with Crippen molar-refractivity contribution in [2.24, 2.45) is 4.99 Å². The predicted octanol–water partition coefficient (Wildman–Crippen LogP) is 2.71. The van der Waals surface area contributed by atoms with Gasteiger partial charge in [-0.3, -0.25) is 4.79 Å². The zero-order valence-corrected chi connectivity index (χ0v) is 16.9. The molecule has 6 nitrogen and oxygen atoms in total. The van der Waals surface area contributed by atoms with Crippen molar-refractivity contribution in [3.8, 4) is 5.75 Å². The van der Waals surface area contributed by atoms with Crippen LogP contribution in [0.2, 0.25) is 0 Å². The van der Waals surface area contributed by atoms with Gasteiger partial charge in [0.2, 0.25) is 5.91 Å². The van der Waals surface area contributed by atoms with E-state index in [1.165, 1.54) is 0 Å². The van der Waals surface area contributed by atoms with E-state index in [0.717, 1.165) is 42.5 Å². The van der Waals surface area contributed by atoms with Crippen LogP contribution in [0, 0.1) is 6.92 Å². The molecule has 0 fully saturated rings. The zero-order chi connectivity index (χ0) is 19.4. The minimum atomic E-state index is 0.167. The number of carbonyl (C=O) groups is 1. The van der Waals surface area contributed by atoms with E-state index in [9.17, 15) is 4.79 Å². The van der Waals surface area contributed by atoms with Crippen LogP contribution >= 0.6 is 0 Å². The molecule has 0 aromatic heterocycles. The van der Waals surface area contributed by atoms with E-state index < -0.39 is 0 Å². The number of nitrogens with one attached hydrogen (secondary N) is 2. The Kier molecular flexibility index (Phi) is 10.2. The number of benzene rings is 1. The number of aryl methyl sites for hydroxylation is 1. The summed E-state index contributed by atoms with van der Waals surface area (Å²) in [6, 6.07) is 6.13. The van der Waals surface area contributed by atoms with E-state index in [4.69, 9.17) is 4.74 Å². The zero-order valence-electron chi connectivity index (χ0n) is 16.9. The van der Waals surface area contributed by atoms with Crippen molar-refractivity contribution in [2.45, 2.75) is 47.6 Å². The first kappa shape index (κ1) is 21.8. The molecule has 2 N–H and O–H groups in total. The fourth-order valence-electron chi connectivity index (χ4n) is 2.66. The molecule has 0 heterocycles. The maximum atomic E-state index is 12.1. The lowest BCUT2D eigenvalue weighted by molar-refractivity contribution is -0.130. The highest BCUT2D eigenvalue weighted by atomic mass is 16.5. The van der Waals surface area contributed by atoms with Gasteiger partial charge in [0, 0.05) is 32.6 Å². The molecule has 0 spiro atoms. The number of guanidine groups is 1. The van der Waals surface area contributed by atoms with Crippen LogP contribution < -0.4 is 15.4 Å². The third-order valence-corrected chi connectivity index (χ3v) is 4.05. The van der Waals surface area contributed by atoms with Crippen molar-refractivity contribution < 1.29 is 9.53 Å². The lowest BCUT2D eigenvalue weighted by atomic mass is 10.1. The smallest absolute Gasteiger partial charge is 0.224 e. The highest BCUT2D eigenvalue weighted by Crippen LogP contribution is 2.19. The van der Waals surface area contributed by atoms with Gasteiger partial charge in [-0.1, -0.05) is 12.1 Å². The third-order valence-electron chi connectivity index (χ3n) is 4.05. The van der Waals surface area contributed by atoms with Gasteiger partial charge in [0.25, 0.3) is 0 Å². The molecule has 0 unspecified atom stereocenters. The summed E-state index contributed by atoms with van der Waals surface area (Å²) in [5.41, 5.74) is 2.24. The minimum absolute atomic E-state index is 0.167. The van der Waals surface area contributed by atoms with Gasteiger partial charge in [-0.15, -0.1) is 0 Å². The summed E-state index contributed by atoms with van der Waals surface area (Å²) >= 11 is 0. The summed E-state index contributed by atoms with van der Waals surface area (Å²) in [5, 5.41) is 6.46. The lowest BCUT2D eigenvalue weighted by Crippen LogP contribution is -2.40.